The average molecular weight is 343 g/mol. The predicted octanol–water partition coefficient (Wildman–Crippen LogP) is 3.00. The van der Waals surface area contributed by atoms with Gasteiger partial charge in [0, 0.05) is 31.6 Å². The van der Waals surface area contributed by atoms with E-state index < -0.39 is 5.97 Å². The van der Waals surface area contributed by atoms with Gasteiger partial charge in [-0.1, -0.05) is 0 Å². The van der Waals surface area contributed by atoms with Crippen LogP contribution in [0.1, 0.15) is 25.8 Å². The second kappa shape index (κ2) is 5.92. The summed E-state index contributed by atoms with van der Waals surface area (Å²) in [5, 5.41) is 13.7. The number of aromatic nitrogens is 2. The highest BCUT2D eigenvalue weighted by Gasteiger charge is 2.22. The summed E-state index contributed by atoms with van der Waals surface area (Å²) in [5.74, 6) is -0.0321. The van der Waals surface area contributed by atoms with Gasteiger partial charge in [-0.2, -0.15) is 5.10 Å². The fourth-order valence-corrected chi connectivity index (χ4v) is 4.19. The first-order valence-electron chi connectivity index (χ1n) is 7.74. The molecule has 0 radical (unpaired) electrons. The van der Waals surface area contributed by atoms with Crippen LogP contribution in [0.2, 0.25) is 0 Å². The van der Waals surface area contributed by atoms with E-state index >= 15 is 0 Å². The van der Waals surface area contributed by atoms with E-state index in [0.29, 0.717) is 4.88 Å². The van der Waals surface area contributed by atoms with Crippen LogP contribution in [-0.4, -0.2) is 32.3 Å². The molecule has 4 heterocycles. The molecular formula is C17H17N3O3S. The lowest BCUT2D eigenvalue weighted by Gasteiger charge is -2.25. The Balaban J connectivity index is 1.50. The van der Waals surface area contributed by atoms with Gasteiger partial charge in [0.2, 0.25) is 0 Å². The summed E-state index contributed by atoms with van der Waals surface area (Å²) in [7, 11) is 1.91. The molecule has 1 aliphatic heterocycles. The van der Waals surface area contributed by atoms with Crippen molar-refractivity contribution in [1.29, 1.82) is 0 Å². The summed E-state index contributed by atoms with van der Waals surface area (Å²) in [6.07, 6.45) is 2.54. The predicted molar refractivity (Wildman–Crippen MR) is 90.0 cm³/mol. The van der Waals surface area contributed by atoms with E-state index in [2.05, 4.69) is 10.00 Å². The zero-order valence-electron chi connectivity index (χ0n) is 13.2. The lowest BCUT2D eigenvalue weighted by atomic mass is 10.1. The van der Waals surface area contributed by atoms with Gasteiger partial charge in [-0.15, -0.1) is 11.3 Å². The second-order valence-electron chi connectivity index (χ2n) is 5.95. The quantitative estimate of drug-likeness (QED) is 0.788. The van der Waals surface area contributed by atoms with Gasteiger partial charge in [0.15, 0.2) is 5.76 Å². The summed E-state index contributed by atoms with van der Waals surface area (Å²) in [6, 6.07) is 7.65. The number of fused-ring (bicyclic) bond motifs is 1. The van der Waals surface area contributed by atoms with Gasteiger partial charge >= 0.3 is 5.97 Å². The van der Waals surface area contributed by atoms with E-state index in [1.807, 2.05) is 36.0 Å². The summed E-state index contributed by atoms with van der Waals surface area (Å²) in [5.41, 5.74) is 3.12. The molecule has 24 heavy (non-hydrogen) atoms. The number of hydrogen-bond acceptors (Lipinski definition) is 5. The largest absolute Gasteiger partial charge is 0.477 e. The number of carboxylic acid groups (broad SMARTS) is 1. The monoisotopic (exact) mass is 343 g/mol. The molecule has 0 aliphatic carbocycles. The maximum absolute atomic E-state index is 11.1. The van der Waals surface area contributed by atoms with Gasteiger partial charge in [-0.05, 0) is 36.2 Å². The Bertz CT molecular complexity index is 879. The Labute approximate surface area is 142 Å². The normalized spacial score (nSPS) is 14.7. The zero-order chi connectivity index (χ0) is 16.7. The number of carbonyl (C=O) groups is 1. The Morgan fingerprint density at radius 1 is 1.46 bits per heavy atom. The van der Waals surface area contributed by atoms with Crippen molar-refractivity contribution in [2.45, 2.75) is 19.5 Å². The van der Waals surface area contributed by atoms with E-state index in [4.69, 9.17) is 9.52 Å². The summed E-state index contributed by atoms with van der Waals surface area (Å²) in [6.45, 7) is 2.43. The maximum atomic E-state index is 11.1. The fourth-order valence-electron chi connectivity index (χ4n) is 3.10. The number of thiophene rings is 1. The van der Waals surface area contributed by atoms with E-state index in [9.17, 15) is 4.79 Å². The molecule has 3 aromatic rings. The van der Waals surface area contributed by atoms with Crippen LogP contribution in [0.3, 0.4) is 0 Å². The van der Waals surface area contributed by atoms with Crippen LogP contribution in [0.25, 0.3) is 11.5 Å². The van der Waals surface area contributed by atoms with Crippen molar-refractivity contribution in [1.82, 2.24) is 14.7 Å². The van der Waals surface area contributed by atoms with Crippen LogP contribution in [-0.2, 0) is 26.6 Å². The first kappa shape index (κ1) is 15.2. The minimum Gasteiger partial charge on any atom is -0.477 e. The molecule has 0 aromatic carbocycles. The summed E-state index contributed by atoms with van der Waals surface area (Å²) >= 11 is 1.38. The van der Waals surface area contributed by atoms with Gasteiger partial charge in [-0.3, -0.25) is 9.58 Å². The Hall–Kier alpha value is -2.38. The molecule has 7 heteroatoms. The molecule has 0 saturated heterocycles. The van der Waals surface area contributed by atoms with Crippen LogP contribution in [0, 0.1) is 0 Å². The third-order valence-electron chi connectivity index (χ3n) is 4.26. The number of carboxylic acids is 1. The van der Waals surface area contributed by atoms with Crippen molar-refractivity contribution in [2.24, 2.45) is 7.05 Å². The molecule has 124 valence electrons. The van der Waals surface area contributed by atoms with Gasteiger partial charge in [0.05, 0.1) is 12.0 Å². The molecule has 0 amide bonds. The minimum atomic E-state index is -0.839. The van der Waals surface area contributed by atoms with E-state index in [1.165, 1.54) is 16.9 Å². The Morgan fingerprint density at radius 2 is 2.33 bits per heavy atom. The number of aryl methyl sites for hydroxylation is 1. The molecular weight excluding hydrogens is 326 g/mol. The van der Waals surface area contributed by atoms with Crippen LogP contribution < -0.4 is 0 Å². The SMILES string of the molecule is Cn1nc(CN2CCc3cc(C(=O)O)sc3C2)cc1-c1ccco1. The number of furan rings is 1. The third kappa shape index (κ3) is 2.76. The molecule has 6 nitrogen and oxygen atoms in total. The molecule has 4 rings (SSSR count). The van der Waals surface area contributed by atoms with Crippen molar-refractivity contribution in [3.05, 3.63) is 51.5 Å². The van der Waals surface area contributed by atoms with E-state index in [0.717, 1.165) is 48.1 Å². The molecule has 0 fully saturated rings. The van der Waals surface area contributed by atoms with Gasteiger partial charge in [-0.25, -0.2) is 4.79 Å². The highest BCUT2D eigenvalue weighted by molar-refractivity contribution is 7.14. The maximum Gasteiger partial charge on any atom is 0.345 e. The Morgan fingerprint density at radius 3 is 3.08 bits per heavy atom. The lowest BCUT2D eigenvalue weighted by Crippen LogP contribution is -2.29. The molecule has 1 N–H and O–H groups in total. The number of rotatable bonds is 4. The van der Waals surface area contributed by atoms with Gasteiger partial charge in [0.25, 0.3) is 0 Å². The minimum absolute atomic E-state index is 0.430. The topological polar surface area (TPSA) is 71.5 Å². The van der Waals surface area contributed by atoms with Crippen LogP contribution >= 0.6 is 11.3 Å². The lowest BCUT2D eigenvalue weighted by molar-refractivity contribution is 0.0702. The molecule has 1 aliphatic rings. The van der Waals surface area contributed by atoms with Gasteiger partial charge < -0.3 is 9.52 Å². The number of nitrogens with zero attached hydrogens (tertiary/aromatic N) is 3. The van der Waals surface area contributed by atoms with Crippen molar-refractivity contribution in [3.8, 4) is 11.5 Å². The van der Waals surface area contributed by atoms with Crippen LogP contribution in [0.4, 0.5) is 0 Å². The second-order valence-corrected chi connectivity index (χ2v) is 7.08. The van der Waals surface area contributed by atoms with Gasteiger partial charge in [0.1, 0.15) is 10.6 Å². The number of aromatic carboxylic acids is 1. The third-order valence-corrected chi connectivity index (χ3v) is 5.41. The average Bonchev–Trinajstić information content (AvgIpc) is 3.25. The van der Waals surface area contributed by atoms with Crippen molar-refractivity contribution in [3.63, 3.8) is 0 Å². The fraction of sp³-hybridized carbons (Fsp3) is 0.294. The molecule has 0 bridgehead atoms. The van der Waals surface area contributed by atoms with Crippen molar-refractivity contribution < 1.29 is 14.3 Å². The first-order chi connectivity index (χ1) is 11.6. The first-order valence-corrected chi connectivity index (χ1v) is 8.56. The molecule has 0 spiro atoms. The van der Waals surface area contributed by atoms with E-state index in [-0.39, 0.29) is 0 Å². The molecule has 0 saturated carbocycles. The number of hydrogen-bond donors (Lipinski definition) is 1. The van der Waals surface area contributed by atoms with Crippen molar-refractivity contribution in [2.75, 3.05) is 6.54 Å². The standard InChI is InChI=1S/C17H17N3O3S/c1-19-13(14-3-2-6-23-14)8-12(18-19)9-20-5-4-11-7-15(17(21)22)24-16(11)10-20/h2-3,6-8H,4-5,9-10H2,1H3,(H,21,22). The summed E-state index contributed by atoms with van der Waals surface area (Å²) in [4.78, 5) is 15.0. The summed E-state index contributed by atoms with van der Waals surface area (Å²) < 4.78 is 7.28. The van der Waals surface area contributed by atoms with Crippen LogP contribution in [0.15, 0.2) is 34.9 Å². The van der Waals surface area contributed by atoms with Crippen molar-refractivity contribution >= 4 is 17.3 Å². The smallest absolute Gasteiger partial charge is 0.345 e. The van der Waals surface area contributed by atoms with Crippen LogP contribution in [0.5, 0.6) is 0 Å². The zero-order valence-corrected chi connectivity index (χ0v) is 14.0. The molecule has 0 atom stereocenters. The Kier molecular flexibility index (Phi) is 3.74. The molecule has 0 unspecified atom stereocenters. The highest BCUT2D eigenvalue weighted by atomic mass is 32.1. The highest BCUT2D eigenvalue weighted by Crippen LogP contribution is 2.29. The van der Waals surface area contributed by atoms with E-state index in [1.54, 1.807) is 6.26 Å². The molecule has 3 aromatic heterocycles.